The van der Waals surface area contributed by atoms with E-state index in [1.165, 1.54) is 28.9 Å². The lowest BCUT2D eigenvalue weighted by Crippen LogP contribution is -2.40. The van der Waals surface area contributed by atoms with Gasteiger partial charge in [0, 0.05) is 16.9 Å². The average Bonchev–Trinajstić information content (AvgIpc) is 3.24. The number of benzene rings is 1. The summed E-state index contributed by atoms with van der Waals surface area (Å²) >= 11 is 1.81. The Hall–Kier alpha value is -2.40. The number of phenolic OH excluding ortho intramolecular Hbond substituents is 1. The third-order valence-corrected chi connectivity index (χ3v) is 6.98. The molecule has 0 spiro atoms. The Kier molecular flexibility index (Phi) is 3.54. The van der Waals surface area contributed by atoms with E-state index in [1.54, 1.807) is 23.5 Å². The van der Waals surface area contributed by atoms with Crippen molar-refractivity contribution < 1.29 is 9.67 Å². The molecule has 1 N–H and O–H groups in total. The maximum Gasteiger partial charge on any atom is 0.346 e. The van der Waals surface area contributed by atoms with Crippen molar-refractivity contribution in [1.82, 2.24) is 4.57 Å². The zero-order valence-corrected chi connectivity index (χ0v) is 15.6. The molecule has 0 amide bonds. The van der Waals surface area contributed by atoms with Crippen molar-refractivity contribution in [2.24, 2.45) is 7.05 Å². The van der Waals surface area contributed by atoms with E-state index < -0.39 is 0 Å². The van der Waals surface area contributed by atoms with Crippen LogP contribution < -0.4 is 10.1 Å². The Morgan fingerprint density at radius 2 is 1.92 bits per heavy atom. The fourth-order valence-electron chi connectivity index (χ4n) is 4.37. The molecule has 5 heteroatoms. The minimum atomic E-state index is 0.182. The molecule has 2 aliphatic rings. The predicted molar refractivity (Wildman–Crippen MR) is 104 cm³/mol. The molecule has 0 radical (unpaired) electrons. The zero-order chi connectivity index (χ0) is 17.8. The number of hydrogen-bond acceptors (Lipinski definition) is 3. The predicted octanol–water partition coefficient (Wildman–Crippen LogP) is 3.42. The van der Waals surface area contributed by atoms with Crippen LogP contribution >= 0.6 is 11.3 Å². The van der Waals surface area contributed by atoms with Crippen molar-refractivity contribution in [3.8, 4) is 5.75 Å². The molecule has 0 unspecified atom stereocenters. The second-order valence-corrected chi connectivity index (χ2v) is 8.33. The molecule has 2 aromatic heterocycles. The minimum Gasteiger partial charge on any atom is -0.508 e. The maximum atomic E-state index is 13.2. The van der Waals surface area contributed by atoms with Gasteiger partial charge in [-0.1, -0.05) is 23.5 Å². The van der Waals surface area contributed by atoms with Gasteiger partial charge in [-0.3, -0.25) is 0 Å². The number of nitrogens with zero attached hydrogens (tertiary/aromatic N) is 2. The van der Waals surface area contributed by atoms with Crippen LogP contribution in [0.3, 0.4) is 0 Å². The molecule has 1 aliphatic heterocycles. The van der Waals surface area contributed by atoms with E-state index in [4.69, 9.17) is 0 Å². The molecule has 4 nitrogen and oxygen atoms in total. The van der Waals surface area contributed by atoms with E-state index in [0.717, 1.165) is 47.4 Å². The quantitative estimate of drug-likeness (QED) is 0.672. The molecule has 3 heterocycles. The van der Waals surface area contributed by atoms with Crippen LogP contribution in [0.15, 0.2) is 29.1 Å². The highest BCUT2D eigenvalue weighted by Gasteiger charge is 2.33. The molecule has 3 aromatic rings. The van der Waals surface area contributed by atoms with Crippen molar-refractivity contribution in [3.05, 3.63) is 56.4 Å². The van der Waals surface area contributed by atoms with Gasteiger partial charge in [0.2, 0.25) is 0 Å². The summed E-state index contributed by atoms with van der Waals surface area (Å²) in [5, 5.41) is 10.4. The van der Waals surface area contributed by atoms with Crippen LogP contribution in [0.4, 0.5) is 0 Å². The number of phenols is 1. The third kappa shape index (κ3) is 2.27. The van der Waals surface area contributed by atoms with Gasteiger partial charge in [0.25, 0.3) is 5.82 Å². The number of hydrogen-bond donors (Lipinski definition) is 1. The van der Waals surface area contributed by atoms with Crippen LogP contribution in [0, 0.1) is 0 Å². The number of allylic oxidation sites excluding steroid dienone is 1. The number of fused-ring (bicyclic) bond motifs is 4. The van der Waals surface area contributed by atoms with E-state index in [2.05, 4.69) is 17.7 Å². The molecule has 5 rings (SSSR count). The maximum absolute atomic E-state index is 13.2. The molecule has 1 aromatic carbocycles. The zero-order valence-electron chi connectivity index (χ0n) is 14.8. The fourth-order valence-corrected chi connectivity index (χ4v) is 5.71. The van der Waals surface area contributed by atoms with Gasteiger partial charge in [-0.05, 0) is 55.0 Å². The van der Waals surface area contributed by atoms with Gasteiger partial charge in [-0.15, -0.1) is 0 Å². The Labute approximate surface area is 155 Å². The van der Waals surface area contributed by atoms with E-state index in [1.807, 2.05) is 16.7 Å². The van der Waals surface area contributed by atoms with Gasteiger partial charge < -0.3 is 5.11 Å². The van der Waals surface area contributed by atoms with Gasteiger partial charge in [0.1, 0.15) is 11.1 Å². The van der Waals surface area contributed by atoms with Crippen LogP contribution in [-0.2, 0) is 26.4 Å². The first kappa shape index (κ1) is 15.8. The summed E-state index contributed by atoms with van der Waals surface area (Å²) in [6, 6.07) is 7.22. The van der Waals surface area contributed by atoms with Crippen LogP contribution in [0.1, 0.15) is 41.1 Å². The van der Waals surface area contributed by atoms with Gasteiger partial charge in [0.15, 0.2) is 4.83 Å². The summed E-state index contributed by atoms with van der Waals surface area (Å²) in [5.74, 6) is 1.29. The third-order valence-electron chi connectivity index (χ3n) is 5.62. The van der Waals surface area contributed by atoms with Crippen molar-refractivity contribution in [2.75, 3.05) is 0 Å². The standard InChI is InChI=1S/C21H20N2O2S/c1-22-19-14(12-13-6-8-15(24)9-7-13)10-11-23(19)20(25)18-16-4-2-3-5-17(16)26-21(18)22/h6-9,12H,2-5,10-11H2,1H3/p+1. The first-order valence-corrected chi connectivity index (χ1v) is 10.0. The lowest BCUT2D eigenvalue weighted by molar-refractivity contribution is -0.649. The molecule has 26 heavy (non-hydrogen) atoms. The molecule has 0 fully saturated rings. The molecular formula is C21H21N2O2S+. The molecule has 0 saturated carbocycles. The second kappa shape index (κ2) is 5.81. The van der Waals surface area contributed by atoms with E-state index in [9.17, 15) is 9.90 Å². The van der Waals surface area contributed by atoms with Crippen LogP contribution in [0.2, 0.25) is 0 Å². The Morgan fingerprint density at radius 3 is 2.73 bits per heavy atom. The lowest BCUT2D eigenvalue weighted by atomic mass is 9.97. The van der Waals surface area contributed by atoms with Gasteiger partial charge in [-0.2, -0.15) is 4.57 Å². The van der Waals surface area contributed by atoms with Crippen molar-refractivity contribution >= 4 is 33.2 Å². The number of thiophene rings is 1. The number of aromatic nitrogens is 2. The summed E-state index contributed by atoms with van der Waals surface area (Å²) in [6.45, 7) is 0.743. The Balaban J connectivity index is 1.73. The fraction of sp³-hybridized carbons (Fsp3) is 0.333. The molecule has 0 atom stereocenters. The summed E-state index contributed by atoms with van der Waals surface area (Å²) in [4.78, 5) is 15.8. The number of rotatable bonds is 1. The van der Waals surface area contributed by atoms with Gasteiger partial charge in [-0.25, -0.2) is 9.36 Å². The largest absolute Gasteiger partial charge is 0.508 e. The summed E-state index contributed by atoms with van der Waals surface area (Å²) in [5.41, 5.74) is 3.72. The highest BCUT2D eigenvalue weighted by molar-refractivity contribution is 7.18. The molecule has 0 bridgehead atoms. The van der Waals surface area contributed by atoms with Crippen LogP contribution in [0.5, 0.6) is 5.75 Å². The smallest absolute Gasteiger partial charge is 0.346 e. The summed E-state index contributed by atoms with van der Waals surface area (Å²) in [6.07, 6.45) is 7.58. The summed E-state index contributed by atoms with van der Waals surface area (Å²) < 4.78 is 4.18. The van der Waals surface area contributed by atoms with Crippen LogP contribution in [0.25, 0.3) is 21.9 Å². The molecule has 1 aliphatic carbocycles. The monoisotopic (exact) mass is 365 g/mol. The highest BCUT2D eigenvalue weighted by atomic mass is 32.1. The summed E-state index contributed by atoms with van der Waals surface area (Å²) in [7, 11) is 2.09. The topological polar surface area (TPSA) is 46.1 Å². The highest BCUT2D eigenvalue weighted by Crippen LogP contribution is 2.35. The van der Waals surface area contributed by atoms with Crippen molar-refractivity contribution in [3.63, 3.8) is 0 Å². The van der Waals surface area contributed by atoms with Crippen molar-refractivity contribution in [2.45, 2.75) is 38.6 Å². The second-order valence-electron chi connectivity index (χ2n) is 7.24. The van der Waals surface area contributed by atoms with Gasteiger partial charge in [0.05, 0.1) is 13.6 Å². The Bertz CT molecular complexity index is 1120. The Morgan fingerprint density at radius 1 is 1.15 bits per heavy atom. The molecule has 132 valence electrons. The first-order valence-electron chi connectivity index (χ1n) is 9.20. The van der Waals surface area contributed by atoms with E-state index in [0.29, 0.717) is 0 Å². The SMILES string of the molecule is C[n+]1c2n(c(=O)c3c4c(sc31)CCCC4)CCC2=Cc1ccc(O)cc1. The minimum absolute atomic E-state index is 0.182. The van der Waals surface area contributed by atoms with Crippen LogP contribution in [-0.4, -0.2) is 9.67 Å². The first-order chi connectivity index (χ1) is 12.6. The molecular weight excluding hydrogens is 344 g/mol. The normalized spacial score (nSPS) is 17.7. The van der Waals surface area contributed by atoms with E-state index in [-0.39, 0.29) is 11.3 Å². The lowest BCUT2D eigenvalue weighted by Gasteiger charge is -2.09. The van der Waals surface area contributed by atoms with E-state index >= 15 is 0 Å². The average molecular weight is 365 g/mol. The number of aromatic hydroxyl groups is 1. The number of aryl methyl sites for hydroxylation is 3. The molecule has 0 saturated heterocycles. The van der Waals surface area contributed by atoms with Crippen molar-refractivity contribution in [1.29, 1.82) is 0 Å². The van der Waals surface area contributed by atoms with Gasteiger partial charge >= 0.3 is 5.56 Å².